The van der Waals surface area contributed by atoms with E-state index in [0.717, 1.165) is 5.56 Å². The SMILES string of the molecule is CC(C)c1nonc1C(=O)NCc1cn2ncc(CNC(=O)CC3CC(F)(F)C3)cc2n1. The highest BCUT2D eigenvalue weighted by Gasteiger charge is 2.45. The van der Waals surface area contributed by atoms with Gasteiger partial charge in [-0.15, -0.1) is 0 Å². The van der Waals surface area contributed by atoms with Gasteiger partial charge < -0.3 is 10.6 Å². The average molecular weight is 447 g/mol. The molecule has 1 aliphatic rings. The van der Waals surface area contributed by atoms with Gasteiger partial charge in [-0.05, 0) is 22.7 Å². The maximum Gasteiger partial charge on any atom is 0.275 e. The fraction of sp³-hybridized carbons (Fsp3) is 0.500. The maximum absolute atomic E-state index is 12.9. The predicted octanol–water partition coefficient (Wildman–Crippen LogP) is 2.22. The number of imidazole rings is 1. The van der Waals surface area contributed by atoms with E-state index in [1.807, 2.05) is 13.8 Å². The van der Waals surface area contributed by atoms with Gasteiger partial charge in [0, 0.05) is 31.7 Å². The molecule has 0 unspecified atom stereocenters. The van der Waals surface area contributed by atoms with Crippen LogP contribution in [0.4, 0.5) is 8.78 Å². The molecule has 12 heteroatoms. The van der Waals surface area contributed by atoms with E-state index >= 15 is 0 Å². The number of hydrogen-bond acceptors (Lipinski definition) is 7. The van der Waals surface area contributed by atoms with Crippen LogP contribution in [0.2, 0.25) is 0 Å². The van der Waals surface area contributed by atoms with Crippen molar-refractivity contribution in [2.75, 3.05) is 0 Å². The van der Waals surface area contributed by atoms with E-state index in [2.05, 4.69) is 35.7 Å². The molecule has 1 aliphatic carbocycles. The molecule has 0 aliphatic heterocycles. The highest BCUT2D eigenvalue weighted by molar-refractivity contribution is 5.93. The van der Waals surface area contributed by atoms with Crippen LogP contribution in [0.25, 0.3) is 5.65 Å². The number of hydrogen-bond donors (Lipinski definition) is 2. The lowest BCUT2D eigenvalue weighted by Gasteiger charge is -2.34. The molecule has 32 heavy (non-hydrogen) atoms. The minimum absolute atomic E-state index is 0.00466. The number of amides is 2. The number of carbonyl (C=O) groups is 2. The summed E-state index contributed by atoms with van der Waals surface area (Å²) in [5.41, 5.74) is 2.48. The van der Waals surface area contributed by atoms with Crippen molar-refractivity contribution in [2.24, 2.45) is 5.92 Å². The Hall–Kier alpha value is -3.44. The van der Waals surface area contributed by atoms with Crippen molar-refractivity contribution in [2.45, 2.75) is 58.0 Å². The molecule has 3 heterocycles. The van der Waals surface area contributed by atoms with Crippen LogP contribution in [-0.4, -0.2) is 42.6 Å². The van der Waals surface area contributed by atoms with E-state index in [0.29, 0.717) is 17.0 Å². The van der Waals surface area contributed by atoms with Crippen LogP contribution in [0.5, 0.6) is 0 Å². The molecule has 1 saturated carbocycles. The molecule has 0 aromatic carbocycles. The molecular weight excluding hydrogens is 424 g/mol. The maximum atomic E-state index is 12.9. The van der Waals surface area contributed by atoms with Crippen molar-refractivity contribution in [1.29, 1.82) is 0 Å². The van der Waals surface area contributed by atoms with Gasteiger partial charge in [0.1, 0.15) is 5.69 Å². The highest BCUT2D eigenvalue weighted by Crippen LogP contribution is 2.43. The number of aromatic nitrogens is 5. The van der Waals surface area contributed by atoms with Crippen molar-refractivity contribution < 1.29 is 23.0 Å². The molecule has 0 bridgehead atoms. The number of halogens is 2. The number of rotatable bonds is 8. The highest BCUT2D eigenvalue weighted by atomic mass is 19.3. The summed E-state index contributed by atoms with van der Waals surface area (Å²) in [6.07, 6.45) is 2.91. The van der Waals surface area contributed by atoms with E-state index in [4.69, 9.17) is 0 Å². The van der Waals surface area contributed by atoms with E-state index in [1.54, 1.807) is 23.0 Å². The number of alkyl halides is 2. The summed E-state index contributed by atoms with van der Waals surface area (Å²) in [7, 11) is 0. The second-order valence-electron chi connectivity index (χ2n) is 8.35. The summed E-state index contributed by atoms with van der Waals surface area (Å²) in [5.74, 6) is -3.57. The van der Waals surface area contributed by atoms with Crippen molar-refractivity contribution in [1.82, 2.24) is 35.5 Å². The number of fused-ring (bicyclic) bond motifs is 1. The van der Waals surface area contributed by atoms with Gasteiger partial charge in [-0.25, -0.2) is 22.9 Å². The second-order valence-corrected chi connectivity index (χ2v) is 8.35. The minimum atomic E-state index is -2.62. The van der Waals surface area contributed by atoms with Crippen LogP contribution in [0, 0.1) is 5.92 Å². The first kappa shape index (κ1) is 21.8. The lowest BCUT2D eigenvalue weighted by molar-refractivity contribution is -0.133. The fourth-order valence-corrected chi connectivity index (χ4v) is 3.60. The van der Waals surface area contributed by atoms with E-state index in [-0.39, 0.29) is 55.8 Å². The van der Waals surface area contributed by atoms with E-state index < -0.39 is 11.8 Å². The van der Waals surface area contributed by atoms with Gasteiger partial charge >= 0.3 is 0 Å². The van der Waals surface area contributed by atoms with E-state index in [1.165, 1.54) is 0 Å². The standard InChI is InChI=1S/C20H23F2N7O3/c1-11(2)17-18(28-32-27-17)19(31)24-9-14-10-29-15(26-14)3-13(8-25-29)7-23-16(30)4-12-5-20(21,22)6-12/h3,8,10-12H,4-7,9H2,1-2H3,(H,23,30)(H,24,31). The first-order valence-electron chi connectivity index (χ1n) is 10.3. The molecule has 3 aromatic rings. The zero-order chi connectivity index (χ0) is 22.9. The van der Waals surface area contributed by atoms with Crippen LogP contribution >= 0.6 is 0 Å². The van der Waals surface area contributed by atoms with Gasteiger partial charge in [0.25, 0.3) is 5.91 Å². The van der Waals surface area contributed by atoms with Gasteiger partial charge in [0.15, 0.2) is 11.3 Å². The summed E-state index contributed by atoms with van der Waals surface area (Å²) in [5, 5.41) is 17.1. The van der Waals surface area contributed by atoms with Gasteiger partial charge in [0.2, 0.25) is 11.8 Å². The van der Waals surface area contributed by atoms with Gasteiger partial charge in [-0.1, -0.05) is 19.0 Å². The average Bonchev–Trinajstić information content (AvgIpc) is 3.35. The first-order chi connectivity index (χ1) is 15.2. The molecule has 4 rings (SSSR count). The topological polar surface area (TPSA) is 127 Å². The summed E-state index contributed by atoms with van der Waals surface area (Å²) < 4.78 is 32.0. The monoisotopic (exact) mass is 447 g/mol. The Kier molecular flexibility index (Phi) is 5.85. The van der Waals surface area contributed by atoms with Gasteiger partial charge in [-0.3, -0.25) is 9.59 Å². The normalized spacial score (nSPS) is 15.7. The van der Waals surface area contributed by atoms with Crippen molar-refractivity contribution in [3.8, 4) is 0 Å². The Bertz CT molecular complexity index is 1130. The summed E-state index contributed by atoms with van der Waals surface area (Å²) in [6, 6.07) is 1.76. The minimum Gasteiger partial charge on any atom is -0.352 e. The third kappa shape index (κ3) is 4.89. The quantitative estimate of drug-likeness (QED) is 0.542. The van der Waals surface area contributed by atoms with Crippen LogP contribution < -0.4 is 10.6 Å². The molecule has 0 atom stereocenters. The molecule has 0 saturated heterocycles. The Labute approximate surface area is 181 Å². The molecular formula is C20H23F2N7O3. The number of nitrogens with one attached hydrogen (secondary N) is 2. The van der Waals surface area contributed by atoms with Crippen molar-refractivity contribution in [3.05, 3.63) is 41.1 Å². The molecule has 170 valence electrons. The summed E-state index contributed by atoms with van der Waals surface area (Å²) in [6.45, 7) is 4.15. The Morgan fingerprint density at radius 3 is 2.75 bits per heavy atom. The second kappa shape index (κ2) is 8.60. The summed E-state index contributed by atoms with van der Waals surface area (Å²) >= 11 is 0. The third-order valence-electron chi connectivity index (χ3n) is 5.27. The number of carbonyl (C=O) groups excluding carboxylic acids is 2. The molecule has 0 spiro atoms. The Balaban J connectivity index is 1.31. The Morgan fingerprint density at radius 1 is 1.25 bits per heavy atom. The lowest BCUT2D eigenvalue weighted by atomic mass is 9.79. The largest absolute Gasteiger partial charge is 0.352 e. The van der Waals surface area contributed by atoms with E-state index in [9.17, 15) is 18.4 Å². The van der Waals surface area contributed by atoms with Gasteiger partial charge in [0.05, 0.1) is 24.6 Å². The zero-order valence-electron chi connectivity index (χ0n) is 17.6. The summed E-state index contributed by atoms with van der Waals surface area (Å²) in [4.78, 5) is 28.7. The van der Waals surface area contributed by atoms with Crippen LogP contribution in [-0.2, 0) is 17.9 Å². The molecule has 10 nitrogen and oxygen atoms in total. The first-order valence-corrected chi connectivity index (χ1v) is 10.3. The molecule has 1 fully saturated rings. The Morgan fingerprint density at radius 2 is 2.03 bits per heavy atom. The van der Waals surface area contributed by atoms with Crippen LogP contribution in [0.15, 0.2) is 23.1 Å². The zero-order valence-corrected chi connectivity index (χ0v) is 17.6. The van der Waals surface area contributed by atoms with Gasteiger partial charge in [-0.2, -0.15) is 5.10 Å². The van der Waals surface area contributed by atoms with Crippen LogP contribution in [0.1, 0.15) is 66.5 Å². The smallest absolute Gasteiger partial charge is 0.275 e. The van der Waals surface area contributed by atoms with Crippen molar-refractivity contribution in [3.63, 3.8) is 0 Å². The number of nitrogens with zero attached hydrogens (tertiary/aromatic N) is 5. The lowest BCUT2D eigenvalue weighted by Crippen LogP contribution is -2.38. The van der Waals surface area contributed by atoms with Crippen LogP contribution in [0.3, 0.4) is 0 Å². The molecule has 2 N–H and O–H groups in total. The molecule has 3 aromatic heterocycles. The predicted molar refractivity (Wildman–Crippen MR) is 107 cm³/mol. The van der Waals surface area contributed by atoms with Crippen molar-refractivity contribution >= 4 is 17.5 Å². The molecule has 2 amide bonds. The fourth-order valence-electron chi connectivity index (χ4n) is 3.60. The third-order valence-corrected chi connectivity index (χ3v) is 5.27. The molecule has 0 radical (unpaired) electrons.